The first-order valence-electron chi connectivity index (χ1n) is 6.02. The Morgan fingerprint density at radius 3 is 2.89 bits per heavy atom. The first kappa shape index (κ1) is 13.3. The molecule has 0 aliphatic carbocycles. The number of thiocarbonyl (C=S) groups is 1. The third-order valence-corrected chi connectivity index (χ3v) is 3.26. The lowest BCUT2D eigenvalue weighted by Gasteiger charge is -2.38. The van der Waals surface area contributed by atoms with E-state index in [1.54, 1.807) is 0 Å². The quantitative estimate of drug-likeness (QED) is 0.796. The molecule has 0 amide bonds. The van der Waals surface area contributed by atoms with Crippen molar-refractivity contribution in [1.29, 1.82) is 0 Å². The minimum absolute atomic E-state index is 0.0239. The fourth-order valence-electron chi connectivity index (χ4n) is 2.30. The zero-order chi connectivity index (χ0) is 13.1. The number of hydrogen-bond donors (Lipinski definition) is 2. The number of nitrogens with two attached hydrogens (primary N) is 1. The molecule has 1 aliphatic heterocycles. The Bertz CT molecular complexity index is 439. The minimum atomic E-state index is -0.159. The maximum Gasteiger partial charge on any atom is 0.106 e. The molecular weight excluding hydrogens is 248 g/mol. The standard InChI is InChI=1S/C13H18N2O2S/c1-9-6-15(7-10(8-16)17-9)12-5-3-2-4-11(12)13(14)18/h2-5,9-10,16H,6-8H2,1H3,(H2,14,18). The average Bonchev–Trinajstić information content (AvgIpc) is 2.38. The summed E-state index contributed by atoms with van der Waals surface area (Å²) in [5, 5.41) is 9.25. The van der Waals surface area contributed by atoms with E-state index < -0.39 is 0 Å². The van der Waals surface area contributed by atoms with E-state index in [1.807, 2.05) is 31.2 Å². The molecule has 0 spiro atoms. The molecule has 1 heterocycles. The van der Waals surface area contributed by atoms with Gasteiger partial charge in [0, 0.05) is 24.3 Å². The van der Waals surface area contributed by atoms with E-state index >= 15 is 0 Å². The molecule has 5 heteroatoms. The number of ether oxygens (including phenoxy) is 1. The summed E-state index contributed by atoms with van der Waals surface area (Å²) in [5.41, 5.74) is 7.63. The number of benzene rings is 1. The highest BCUT2D eigenvalue weighted by atomic mass is 32.1. The molecule has 0 saturated carbocycles. The molecule has 3 N–H and O–H groups in total. The van der Waals surface area contributed by atoms with Crippen LogP contribution >= 0.6 is 12.2 Å². The summed E-state index contributed by atoms with van der Waals surface area (Å²) < 4.78 is 5.63. The predicted molar refractivity (Wildman–Crippen MR) is 76.0 cm³/mol. The van der Waals surface area contributed by atoms with Crippen LogP contribution in [-0.4, -0.2) is 42.0 Å². The second-order valence-electron chi connectivity index (χ2n) is 4.54. The Morgan fingerprint density at radius 2 is 2.22 bits per heavy atom. The van der Waals surface area contributed by atoms with Gasteiger partial charge in [0.05, 0.1) is 18.8 Å². The largest absolute Gasteiger partial charge is 0.394 e. The highest BCUT2D eigenvalue weighted by Crippen LogP contribution is 2.24. The molecular formula is C13H18N2O2S. The minimum Gasteiger partial charge on any atom is -0.394 e. The lowest BCUT2D eigenvalue weighted by Crippen LogP contribution is -2.48. The summed E-state index contributed by atoms with van der Waals surface area (Å²) in [6.07, 6.45) is -0.0801. The van der Waals surface area contributed by atoms with Crippen LogP contribution in [0.2, 0.25) is 0 Å². The van der Waals surface area contributed by atoms with Gasteiger partial charge in [0.2, 0.25) is 0 Å². The van der Waals surface area contributed by atoms with Crippen molar-refractivity contribution in [1.82, 2.24) is 0 Å². The summed E-state index contributed by atoms with van der Waals surface area (Å²) in [5.74, 6) is 0. The zero-order valence-corrected chi connectivity index (χ0v) is 11.2. The van der Waals surface area contributed by atoms with Gasteiger partial charge in [-0.3, -0.25) is 0 Å². The van der Waals surface area contributed by atoms with Crippen molar-refractivity contribution in [3.05, 3.63) is 29.8 Å². The van der Waals surface area contributed by atoms with E-state index in [0.717, 1.165) is 17.8 Å². The van der Waals surface area contributed by atoms with E-state index in [9.17, 15) is 5.11 Å². The first-order chi connectivity index (χ1) is 8.61. The molecule has 2 atom stereocenters. The summed E-state index contributed by atoms with van der Waals surface area (Å²) in [6, 6.07) is 7.81. The molecule has 4 nitrogen and oxygen atoms in total. The SMILES string of the molecule is CC1CN(c2ccccc2C(N)=S)CC(CO)O1. The van der Waals surface area contributed by atoms with Gasteiger partial charge in [-0.2, -0.15) is 0 Å². The maximum absolute atomic E-state index is 9.25. The van der Waals surface area contributed by atoms with Gasteiger partial charge < -0.3 is 20.5 Å². The van der Waals surface area contributed by atoms with Gasteiger partial charge in [0.1, 0.15) is 4.99 Å². The number of nitrogens with zero attached hydrogens (tertiary/aromatic N) is 1. The van der Waals surface area contributed by atoms with Gasteiger partial charge in [-0.25, -0.2) is 0 Å². The summed E-state index contributed by atoms with van der Waals surface area (Å²) >= 11 is 5.08. The molecule has 1 aliphatic rings. The van der Waals surface area contributed by atoms with Crippen molar-refractivity contribution in [2.45, 2.75) is 19.1 Å². The summed E-state index contributed by atoms with van der Waals surface area (Å²) in [7, 11) is 0. The molecule has 1 fully saturated rings. The monoisotopic (exact) mass is 266 g/mol. The summed E-state index contributed by atoms with van der Waals surface area (Å²) in [6.45, 7) is 3.45. The zero-order valence-electron chi connectivity index (χ0n) is 10.4. The fraction of sp³-hybridized carbons (Fsp3) is 0.462. The second kappa shape index (κ2) is 5.65. The Morgan fingerprint density at radius 1 is 1.50 bits per heavy atom. The molecule has 1 aromatic carbocycles. The Kier molecular flexibility index (Phi) is 4.16. The normalized spacial score (nSPS) is 24.0. The van der Waals surface area contributed by atoms with Crippen LogP contribution in [0.4, 0.5) is 5.69 Å². The molecule has 2 unspecified atom stereocenters. The first-order valence-corrected chi connectivity index (χ1v) is 6.42. The molecule has 0 radical (unpaired) electrons. The molecule has 18 heavy (non-hydrogen) atoms. The lowest BCUT2D eigenvalue weighted by molar-refractivity contribution is -0.0421. The van der Waals surface area contributed by atoms with E-state index in [0.29, 0.717) is 11.5 Å². The number of morpholine rings is 1. The number of aliphatic hydroxyl groups is 1. The van der Waals surface area contributed by atoms with Crippen LogP contribution < -0.4 is 10.6 Å². The Labute approximate surface area is 112 Å². The Balaban J connectivity index is 2.27. The second-order valence-corrected chi connectivity index (χ2v) is 4.98. The fourth-order valence-corrected chi connectivity index (χ4v) is 2.47. The molecule has 0 bridgehead atoms. The molecule has 2 rings (SSSR count). The molecule has 98 valence electrons. The molecule has 1 aromatic rings. The van der Waals surface area contributed by atoms with Gasteiger partial charge in [0.25, 0.3) is 0 Å². The number of anilines is 1. The van der Waals surface area contributed by atoms with E-state index in [1.165, 1.54) is 0 Å². The third-order valence-electron chi connectivity index (χ3n) is 3.04. The van der Waals surface area contributed by atoms with Crippen LogP contribution in [0.1, 0.15) is 12.5 Å². The van der Waals surface area contributed by atoms with Crippen molar-refractivity contribution >= 4 is 22.9 Å². The van der Waals surface area contributed by atoms with Crippen molar-refractivity contribution in [2.75, 3.05) is 24.6 Å². The van der Waals surface area contributed by atoms with Gasteiger partial charge in [-0.05, 0) is 19.1 Å². The van der Waals surface area contributed by atoms with Crippen molar-refractivity contribution in [3.63, 3.8) is 0 Å². The topological polar surface area (TPSA) is 58.7 Å². The van der Waals surface area contributed by atoms with Gasteiger partial charge >= 0.3 is 0 Å². The van der Waals surface area contributed by atoms with Crippen LogP contribution in [0.5, 0.6) is 0 Å². The summed E-state index contributed by atoms with van der Waals surface area (Å²) in [4.78, 5) is 2.56. The third kappa shape index (κ3) is 2.80. The van der Waals surface area contributed by atoms with Crippen LogP contribution in [0.15, 0.2) is 24.3 Å². The van der Waals surface area contributed by atoms with E-state index in [4.69, 9.17) is 22.7 Å². The van der Waals surface area contributed by atoms with E-state index in [-0.39, 0.29) is 18.8 Å². The van der Waals surface area contributed by atoms with Gasteiger partial charge in [-0.15, -0.1) is 0 Å². The number of aliphatic hydroxyl groups excluding tert-OH is 1. The highest BCUT2D eigenvalue weighted by Gasteiger charge is 2.26. The van der Waals surface area contributed by atoms with Crippen LogP contribution in [0, 0.1) is 0 Å². The van der Waals surface area contributed by atoms with Crippen molar-refractivity contribution < 1.29 is 9.84 Å². The van der Waals surface area contributed by atoms with Crippen LogP contribution in [0.25, 0.3) is 0 Å². The number of para-hydroxylation sites is 1. The van der Waals surface area contributed by atoms with E-state index in [2.05, 4.69) is 4.90 Å². The lowest BCUT2D eigenvalue weighted by atomic mass is 10.1. The number of rotatable bonds is 3. The average molecular weight is 266 g/mol. The molecule has 1 saturated heterocycles. The number of hydrogen-bond acceptors (Lipinski definition) is 4. The van der Waals surface area contributed by atoms with Crippen LogP contribution in [-0.2, 0) is 4.74 Å². The molecule has 0 aromatic heterocycles. The predicted octanol–water partition coefficient (Wildman–Crippen LogP) is 0.907. The van der Waals surface area contributed by atoms with Gasteiger partial charge in [0.15, 0.2) is 0 Å². The van der Waals surface area contributed by atoms with Crippen molar-refractivity contribution in [3.8, 4) is 0 Å². The Hall–Kier alpha value is -1.17. The van der Waals surface area contributed by atoms with Gasteiger partial charge in [-0.1, -0.05) is 24.4 Å². The maximum atomic E-state index is 9.25. The highest BCUT2D eigenvalue weighted by molar-refractivity contribution is 7.80. The van der Waals surface area contributed by atoms with Crippen molar-refractivity contribution in [2.24, 2.45) is 5.73 Å². The smallest absolute Gasteiger partial charge is 0.106 e. The van der Waals surface area contributed by atoms with Crippen LogP contribution in [0.3, 0.4) is 0 Å².